The summed E-state index contributed by atoms with van der Waals surface area (Å²) in [6.45, 7) is 1.39. The molecule has 1 aliphatic rings. The lowest BCUT2D eigenvalue weighted by molar-refractivity contribution is -0.114. The molecule has 0 saturated heterocycles. The highest BCUT2D eigenvalue weighted by molar-refractivity contribution is 7.14. The van der Waals surface area contributed by atoms with Crippen molar-refractivity contribution in [3.05, 3.63) is 46.7 Å². The molecule has 1 saturated carbocycles. The molecule has 1 aromatic carbocycles. The van der Waals surface area contributed by atoms with Crippen LogP contribution in [0.5, 0.6) is 0 Å². The van der Waals surface area contributed by atoms with Crippen LogP contribution in [-0.4, -0.2) is 16.8 Å². The van der Waals surface area contributed by atoms with Gasteiger partial charge in [0.25, 0.3) is 5.91 Å². The Morgan fingerprint density at radius 2 is 1.92 bits per heavy atom. The lowest BCUT2D eigenvalue weighted by Gasteiger charge is -2.25. The van der Waals surface area contributed by atoms with Crippen molar-refractivity contribution in [3.63, 3.8) is 0 Å². The lowest BCUT2D eigenvalue weighted by atomic mass is 9.91. The van der Waals surface area contributed by atoms with Gasteiger partial charge in [-0.15, -0.1) is 11.3 Å². The molecule has 132 valence electrons. The zero-order valence-corrected chi connectivity index (χ0v) is 14.7. The van der Waals surface area contributed by atoms with E-state index in [4.69, 9.17) is 0 Å². The van der Waals surface area contributed by atoms with E-state index in [0.717, 1.165) is 31.2 Å². The van der Waals surface area contributed by atoms with E-state index in [1.165, 1.54) is 30.4 Å². The predicted molar refractivity (Wildman–Crippen MR) is 95.0 cm³/mol. The fourth-order valence-electron chi connectivity index (χ4n) is 3.24. The summed E-state index contributed by atoms with van der Waals surface area (Å²) in [6.07, 6.45) is 4.36. The molecule has 0 aliphatic heterocycles. The van der Waals surface area contributed by atoms with Crippen molar-refractivity contribution in [2.75, 3.05) is 5.32 Å². The highest BCUT2D eigenvalue weighted by atomic mass is 32.1. The van der Waals surface area contributed by atoms with Crippen LogP contribution in [0.25, 0.3) is 0 Å². The maximum Gasteiger partial charge on any atom is 0.271 e. The zero-order chi connectivity index (χ0) is 17.8. The summed E-state index contributed by atoms with van der Waals surface area (Å²) < 4.78 is 13.2. The summed E-state index contributed by atoms with van der Waals surface area (Å²) in [5.41, 5.74) is 1.18. The number of nitrogens with one attached hydrogen (secondary N) is 2. The molecular weight excluding hydrogens is 341 g/mol. The summed E-state index contributed by atoms with van der Waals surface area (Å²) in [6, 6.07) is 6.12. The lowest BCUT2D eigenvalue weighted by Crippen LogP contribution is -2.33. The standard InChI is InChI=1S/C18H20FN3O2S/c1-11(23)20-18-21-15(10-25-18)17(24)22-16(12-4-2-3-5-12)13-6-8-14(19)9-7-13/h6-10,12,16H,2-5H2,1H3,(H,22,24)(H,20,21,23). The third-order valence-electron chi connectivity index (χ3n) is 4.41. The van der Waals surface area contributed by atoms with Gasteiger partial charge in [0.1, 0.15) is 11.5 Å². The molecule has 1 aromatic heterocycles. The van der Waals surface area contributed by atoms with Crippen LogP contribution in [0.15, 0.2) is 29.6 Å². The molecule has 2 aromatic rings. The van der Waals surface area contributed by atoms with Crippen molar-refractivity contribution in [1.82, 2.24) is 10.3 Å². The van der Waals surface area contributed by atoms with Crippen LogP contribution in [0.3, 0.4) is 0 Å². The van der Waals surface area contributed by atoms with E-state index in [1.54, 1.807) is 17.5 Å². The van der Waals surface area contributed by atoms with Gasteiger partial charge in [0.05, 0.1) is 6.04 Å². The average Bonchev–Trinajstić information content (AvgIpc) is 3.24. The number of aromatic nitrogens is 1. The van der Waals surface area contributed by atoms with Gasteiger partial charge >= 0.3 is 0 Å². The molecular formula is C18H20FN3O2S. The van der Waals surface area contributed by atoms with Crippen molar-refractivity contribution < 1.29 is 14.0 Å². The van der Waals surface area contributed by atoms with E-state index >= 15 is 0 Å². The van der Waals surface area contributed by atoms with E-state index in [1.807, 2.05) is 0 Å². The Bertz CT molecular complexity index is 754. The SMILES string of the molecule is CC(=O)Nc1nc(C(=O)NC(c2ccc(F)cc2)C2CCCC2)cs1. The van der Waals surface area contributed by atoms with E-state index in [0.29, 0.717) is 11.0 Å². The monoisotopic (exact) mass is 361 g/mol. The number of hydrogen-bond donors (Lipinski definition) is 2. The first-order chi connectivity index (χ1) is 12.0. The van der Waals surface area contributed by atoms with Gasteiger partial charge in [-0.25, -0.2) is 9.37 Å². The van der Waals surface area contributed by atoms with Gasteiger partial charge in [-0.3, -0.25) is 9.59 Å². The molecule has 5 nitrogen and oxygen atoms in total. The van der Waals surface area contributed by atoms with Crippen molar-refractivity contribution >= 4 is 28.3 Å². The predicted octanol–water partition coefficient (Wildman–Crippen LogP) is 3.90. The van der Waals surface area contributed by atoms with Crippen LogP contribution in [-0.2, 0) is 4.79 Å². The van der Waals surface area contributed by atoms with Gasteiger partial charge in [-0.1, -0.05) is 25.0 Å². The van der Waals surface area contributed by atoms with Gasteiger partial charge in [0, 0.05) is 12.3 Å². The minimum Gasteiger partial charge on any atom is -0.344 e. The molecule has 1 atom stereocenters. The largest absolute Gasteiger partial charge is 0.344 e. The third kappa shape index (κ3) is 4.42. The maximum atomic E-state index is 13.2. The molecule has 0 bridgehead atoms. The summed E-state index contributed by atoms with van der Waals surface area (Å²) in [5, 5.41) is 7.64. The topological polar surface area (TPSA) is 71.1 Å². The average molecular weight is 361 g/mol. The fourth-order valence-corrected chi connectivity index (χ4v) is 3.97. The quantitative estimate of drug-likeness (QED) is 0.848. The highest BCUT2D eigenvalue weighted by Crippen LogP contribution is 2.36. The summed E-state index contributed by atoms with van der Waals surface area (Å²) in [7, 11) is 0. The molecule has 2 amide bonds. The van der Waals surface area contributed by atoms with Gasteiger partial charge < -0.3 is 10.6 Å². The van der Waals surface area contributed by atoms with Crippen LogP contribution < -0.4 is 10.6 Å². The van der Waals surface area contributed by atoms with Crippen LogP contribution in [0.1, 0.15) is 54.7 Å². The molecule has 0 spiro atoms. The first-order valence-electron chi connectivity index (χ1n) is 8.32. The number of carbonyl (C=O) groups excluding carboxylic acids is 2. The smallest absolute Gasteiger partial charge is 0.271 e. The molecule has 1 aliphatic carbocycles. The van der Waals surface area contributed by atoms with Crippen molar-refractivity contribution in [1.29, 1.82) is 0 Å². The number of anilines is 1. The second-order valence-corrected chi connectivity index (χ2v) is 7.12. The number of halogens is 1. The fraction of sp³-hybridized carbons (Fsp3) is 0.389. The third-order valence-corrected chi connectivity index (χ3v) is 5.16. The first-order valence-corrected chi connectivity index (χ1v) is 9.20. The number of nitrogens with zero attached hydrogens (tertiary/aromatic N) is 1. The van der Waals surface area contributed by atoms with E-state index in [-0.39, 0.29) is 29.4 Å². The zero-order valence-electron chi connectivity index (χ0n) is 13.9. The Morgan fingerprint density at radius 1 is 1.24 bits per heavy atom. The van der Waals surface area contributed by atoms with Crippen LogP contribution in [0, 0.1) is 11.7 Å². The Morgan fingerprint density at radius 3 is 2.56 bits per heavy atom. The van der Waals surface area contributed by atoms with Crippen molar-refractivity contribution in [2.24, 2.45) is 5.92 Å². The number of amides is 2. The van der Waals surface area contributed by atoms with Gasteiger partial charge in [0.2, 0.25) is 5.91 Å². The number of carbonyl (C=O) groups is 2. The molecule has 25 heavy (non-hydrogen) atoms. The minimum absolute atomic E-state index is 0.165. The Balaban J connectivity index is 1.77. The van der Waals surface area contributed by atoms with E-state index in [2.05, 4.69) is 15.6 Å². The van der Waals surface area contributed by atoms with Gasteiger partial charge in [0.15, 0.2) is 5.13 Å². The van der Waals surface area contributed by atoms with Crippen LogP contribution >= 0.6 is 11.3 Å². The molecule has 1 unspecified atom stereocenters. The Kier molecular flexibility index (Phi) is 5.43. The van der Waals surface area contributed by atoms with Gasteiger partial charge in [-0.2, -0.15) is 0 Å². The van der Waals surface area contributed by atoms with Crippen molar-refractivity contribution in [2.45, 2.75) is 38.6 Å². The first kappa shape index (κ1) is 17.5. The molecule has 1 fully saturated rings. The summed E-state index contributed by atoms with van der Waals surface area (Å²) in [5.74, 6) is -0.465. The van der Waals surface area contributed by atoms with E-state index in [9.17, 15) is 14.0 Å². The number of thiazole rings is 1. The molecule has 7 heteroatoms. The van der Waals surface area contributed by atoms with Gasteiger partial charge in [-0.05, 0) is 36.5 Å². The molecule has 2 N–H and O–H groups in total. The second kappa shape index (κ2) is 7.74. The van der Waals surface area contributed by atoms with Crippen molar-refractivity contribution in [3.8, 4) is 0 Å². The maximum absolute atomic E-state index is 13.2. The molecule has 1 heterocycles. The number of benzene rings is 1. The van der Waals surface area contributed by atoms with E-state index < -0.39 is 0 Å². The highest BCUT2D eigenvalue weighted by Gasteiger charge is 2.28. The Hall–Kier alpha value is -2.28. The Labute approximate surface area is 149 Å². The summed E-state index contributed by atoms with van der Waals surface area (Å²) >= 11 is 1.21. The molecule has 3 rings (SSSR count). The second-order valence-electron chi connectivity index (χ2n) is 6.27. The van der Waals surface area contributed by atoms with Crippen LogP contribution in [0.2, 0.25) is 0 Å². The minimum atomic E-state index is -0.292. The summed E-state index contributed by atoms with van der Waals surface area (Å²) in [4.78, 5) is 27.8. The number of hydrogen-bond acceptors (Lipinski definition) is 4. The normalized spacial score (nSPS) is 15.8. The molecule has 0 radical (unpaired) electrons. The number of rotatable bonds is 5. The van der Waals surface area contributed by atoms with Crippen LogP contribution in [0.4, 0.5) is 9.52 Å².